The minimum absolute atomic E-state index is 0. The molecule has 0 saturated carbocycles. The van der Waals surface area contributed by atoms with Crippen molar-refractivity contribution < 1.29 is 9.53 Å². The van der Waals surface area contributed by atoms with Crippen LogP contribution in [-0.4, -0.2) is 26.2 Å². The largest absolute Gasteiger partial charge is 0.468 e. The maximum Gasteiger partial charge on any atom is 0.322 e. The van der Waals surface area contributed by atoms with Crippen LogP contribution in [0.25, 0.3) is 0 Å². The van der Waals surface area contributed by atoms with Gasteiger partial charge in [-0.2, -0.15) is 0 Å². The van der Waals surface area contributed by atoms with Crippen LogP contribution in [0.4, 0.5) is 0 Å². The zero-order valence-corrected chi connectivity index (χ0v) is 7.33. The Hall–Kier alpha value is -0.280. The minimum atomic E-state index is -0.194. The highest BCUT2D eigenvalue weighted by Crippen LogP contribution is 1.90. The highest BCUT2D eigenvalue weighted by Gasteiger charge is 2.12. The Morgan fingerprint density at radius 3 is 2.30 bits per heavy atom. The Labute approximate surface area is 67.5 Å². The summed E-state index contributed by atoms with van der Waals surface area (Å²) in [5.41, 5.74) is 0. The van der Waals surface area contributed by atoms with Crippen LogP contribution in [0.3, 0.4) is 0 Å². The van der Waals surface area contributed by atoms with E-state index in [9.17, 15) is 4.79 Å². The molecular formula is C6H14ClNO2. The summed E-state index contributed by atoms with van der Waals surface area (Å²) >= 11 is 0. The van der Waals surface area contributed by atoms with Crippen molar-refractivity contribution in [1.29, 1.82) is 0 Å². The normalized spacial score (nSPS) is 11.5. The number of methoxy groups -OCH3 is 1. The molecule has 4 heteroatoms. The summed E-state index contributed by atoms with van der Waals surface area (Å²) in [5.74, 6) is -0.194. The van der Waals surface area contributed by atoms with E-state index in [0.717, 1.165) is 6.42 Å². The van der Waals surface area contributed by atoms with Crippen LogP contribution in [0, 0.1) is 0 Å². The van der Waals surface area contributed by atoms with Crippen LogP contribution in [0.15, 0.2) is 0 Å². The van der Waals surface area contributed by atoms with Crippen LogP contribution in [0.1, 0.15) is 13.3 Å². The fourth-order valence-electron chi connectivity index (χ4n) is 0.631. The van der Waals surface area contributed by atoms with Crippen LogP contribution in [0.2, 0.25) is 0 Å². The zero-order valence-electron chi connectivity index (χ0n) is 6.51. The fourth-order valence-corrected chi connectivity index (χ4v) is 0.631. The van der Waals surface area contributed by atoms with Crippen molar-refractivity contribution in [3.63, 3.8) is 0 Å². The first kappa shape index (κ1) is 12.4. The summed E-state index contributed by atoms with van der Waals surface area (Å²) in [6.45, 7) is 1.93. The number of hydrogen-bond donors (Lipinski definition) is 1. The van der Waals surface area contributed by atoms with Gasteiger partial charge in [0, 0.05) is 0 Å². The van der Waals surface area contributed by atoms with Gasteiger partial charge in [-0.05, 0) is 13.5 Å². The molecule has 0 aliphatic heterocycles. The van der Waals surface area contributed by atoms with Crippen molar-refractivity contribution in [2.24, 2.45) is 0 Å². The molecule has 3 nitrogen and oxygen atoms in total. The zero-order chi connectivity index (χ0) is 7.28. The summed E-state index contributed by atoms with van der Waals surface area (Å²) < 4.78 is 4.49. The van der Waals surface area contributed by atoms with E-state index in [0.29, 0.717) is 0 Å². The highest BCUT2D eigenvalue weighted by molar-refractivity contribution is 5.85. The van der Waals surface area contributed by atoms with Crippen LogP contribution in [-0.2, 0) is 9.53 Å². The van der Waals surface area contributed by atoms with E-state index in [-0.39, 0.29) is 24.4 Å². The Morgan fingerprint density at radius 2 is 2.20 bits per heavy atom. The Bertz CT molecular complexity index is 93.7. The van der Waals surface area contributed by atoms with E-state index in [1.165, 1.54) is 7.11 Å². The third-order valence-electron chi connectivity index (χ3n) is 1.24. The van der Waals surface area contributed by atoms with E-state index in [1.54, 1.807) is 7.05 Å². The maximum absolute atomic E-state index is 10.7. The van der Waals surface area contributed by atoms with Gasteiger partial charge in [0.15, 0.2) is 0 Å². The second-order valence-corrected chi connectivity index (χ2v) is 1.77. The molecule has 0 aliphatic rings. The molecule has 1 N–H and O–H groups in total. The first-order valence-corrected chi connectivity index (χ1v) is 3.01. The lowest BCUT2D eigenvalue weighted by molar-refractivity contribution is -0.143. The average Bonchev–Trinajstić information content (AvgIpc) is 1.90. The van der Waals surface area contributed by atoms with Crippen molar-refractivity contribution >= 4 is 18.4 Å². The predicted molar refractivity (Wildman–Crippen MR) is 42.4 cm³/mol. The highest BCUT2D eigenvalue weighted by atomic mass is 35.5. The second kappa shape index (κ2) is 6.83. The van der Waals surface area contributed by atoms with Gasteiger partial charge in [-0.15, -0.1) is 12.4 Å². The molecule has 0 heterocycles. The molecule has 0 aromatic heterocycles. The standard InChI is InChI=1S/C6H13NO2.ClH/c1-4-5(7-2)6(8)9-3;/h5,7H,4H2,1-3H3;1H/t5-;/m1./s1. The molecule has 0 bridgehead atoms. The molecule has 0 aliphatic carbocycles. The number of rotatable bonds is 3. The summed E-state index contributed by atoms with van der Waals surface area (Å²) in [6.07, 6.45) is 0.767. The molecule has 0 rings (SSSR count). The lowest BCUT2D eigenvalue weighted by Crippen LogP contribution is -2.34. The van der Waals surface area contributed by atoms with Gasteiger partial charge in [0.2, 0.25) is 0 Å². The molecule has 0 spiro atoms. The summed E-state index contributed by atoms with van der Waals surface area (Å²) in [5, 5.41) is 2.83. The van der Waals surface area contributed by atoms with Gasteiger partial charge < -0.3 is 10.1 Å². The number of halogens is 1. The Morgan fingerprint density at radius 1 is 1.70 bits per heavy atom. The average molecular weight is 168 g/mol. The molecule has 0 aromatic rings. The van der Waals surface area contributed by atoms with E-state index in [1.807, 2.05) is 6.92 Å². The van der Waals surface area contributed by atoms with Crippen molar-refractivity contribution in [3.8, 4) is 0 Å². The number of nitrogens with one attached hydrogen (secondary N) is 1. The second-order valence-electron chi connectivity index (χ2n) is 1.77. The molecule has 62 valence electrons. The summed E-state index contributed by atoms with van der Waals surface area (Å²) in [7, 11) is 3.13. The smallest absolute Gasteiger partial charge is 0.322 e. The molecule has 10 heavy (non-hydrogen) atoms. The molecular weight excluding hydrogens is 154 g/mol. The quantitative estimate of drug-likeness (QED) is 0.625. The third kappa shape index (κ3) is 3.69. The van der Waals surface area contributed by atoms with Crippen molar-refractivity contribution in [1.82, 2.24) is 5.32 Å². The first-order chi connectivity index (χ1) is 4.26. The molecule has 0 fully saturated rings. The molecule has 0 saturated heterocycles. The van der Waals surface area contributed by atoms with E-state index >= 15 is 0 Å². The topological polar surface area (TPSA) is 38.3 Å². The van der Waals surface area contributed by atoms with Gasteiger partial charge in [-0.3, -0.25) is 4.79 Å². The molecule has 1 atom stereocenters. The van der Waals surface area contributed by atoms with Crippen molar-refractivity contribution in [2.45, 2.75) is 19.4 Å². The van der Waals surface area contributed by atoms with Crippen LogP contribution >= 0.6 is 12.4 Å². The van der Waals surface area contributed by atoms with Gasteiger partial charge in [-0.25, -0.2) is 0 Å². The number of likely N-dealkylation sites (N-methyl/N-ethyl adjacent to an activating group) is 1. The van der Waals surface area contributed by atoms with Crippen LogP contribution in [0.5, 0.6) is 0 Å². The Kier molecular flexibility index (Phi) is 8.48. The van der Waals surface area contributed by atoms with Gasteiger partial charge in [0.1, 0.15) is 6.04 Å². The van der Waals surface area contributed by atoms with Crippen molar-refractivity contribution in [2.75, 3.05) is 14.2 Å². The minimum Gasteiger partial charge on any atom is -0.468 e. The van der Waals surface area contributed by atoms with Gasteiger partial charge in [-0.1, -0.05) is 6.92 Å². The number of carbonyl (C=O) groups is 1. The maximum atomic E-state index is 10.7. The monoisotopic (exact) mass is 167 g/mol. The lowest BCUT2D eigenvalue weighted by atomic mass is 10.2. The predicted octanol–water partition coefficient (Wildman–Crippen LogP) is 0.579. The lowest BCUT2D eigenvalue weighted by Gasteiger charge is -2.09. The van der Waals surface area contributed by atoms with Gasteiger partial charge in [0.25, 0.3) is 0 Å². The summed E-state index contributed by atoms with van der Waals surface area (Å²) in [4.78, 5) is 10.7. The molecule has 0 aromatic carbocycles. The first-order valence-electron chi connectivity index (χ1n) is 3.01. The SMILES string of the molecule is CC[C@@H](NC)C(=O)OC.Cl. The van der Waals surface area contributed by atoms with E-state index < -0.39 is 0 Å². The number of ether oxygens (including phenoxy) is 1. The summed E-state index contributed by atoms with van der Waals surface area (Å²) in [6, 6.07) is -0.144. The van der Waals surface area contributed by atoms with Crippen molar-refractivity contribution in [3.05, 3.63) is 0 Å². The fraction of sp³-hybridized carbons (Fsp3) is 0.833. The number of carbonyl (C=O) groups excluding carboxylic acids is 1. The van der Waals surface area contributed by atoms with E-state index in [2.05, 4.69) is 10.1 Å². The number of esters is 1. The van der Waals surface area contributed by atoms with E-state index in [4.69, 9.17) is 0 Å². The number of hydrogen-bond acceptors (Lipinski definition) is 3. The van der Waals surface area contributed by atoms with Gasteiger partial charge in [0.05, 0.1) is 7.11 Å². The molecule has 0 unspecified atom stereocenters. The molecule has 0 amide bonds. The third-order valence-corrected chi connectivity index (χ3v) is 1.24. The van der Waals surface area contributed by atoms with Crippen LogP contribution < -0.4 is 5.32 Å². The Balaban J connectivity index is 0. The molecule has 0 radical (unpaired) electrons. The van der Waals surface area contributed by atoms with Gasteiger partial charge >= 0.3 is 5.97 Å².